The number of fused-ring (bicyclic) bond motifs is 2. The molecule has 0 aromatic carbocycles. The molecule has 2 aliphatic carbocycles. The minimum absolute atomic E-state index is 0.195. The Morgan fingerprint density at radius 3 is 2.89 bits per heavy atom. The first-order valence-corrected chi connectivity index (χ1v) is 7.38. The standard InChI is InChI=1S/C15H23N3O/c1-10-5-14(17-18(10)2)9-16-15(19)8-13-7-11-3-4-12(13)6-11/h5,11-13H,3-4,6-9H2,1-2H3,(H,16,19). The maximum absolute atomic E-state index is 12.0. The van der Waals surface area contributed by atoms with Gasteiger partial charge in [0.25, 0.3) is 0 Å². The van der Waals surface area contributed by atoms with Crippen LogP contribution in [0, 0.1) is 24.7 Å². The molecular weight excluding hydrogens is 238 g/mol. The zero-order chi connectivity index (χ0) is 13.4. The predicted molar refractivity (Wildman–Crippen MR) is 73.3 cm³/mol. The second-order valence-corrected chi connectivity index (χ2v) is 6.32. The van der Waals surface area contributed by atoms with Crippen LogP contribution in [-0.2, 0) is 18.4 Å². The minimum Gasteiger partial charge on any atom is -0.350 e. The van der Waals surface area contributed by atoms with E-state index in [1.165, 1.54) is 25.7 Å². The summed E-state index contributed by atoms with van der Waals surface area (Å²) in [6.07, 6.45) is 6.11. The highest BCUT2D eigenvalue weighted by atomic mass is 16.1. The van der Waals surface area contributed by atoms with E-state index in [4.69, 9.17) is 0 Å². The largest absolute Gasteiger partial charge is 0.350 e. The van der Waals surface area contributed by atoms with E-state index in [-0.39, 0.29) is 5.91 Å². The molecule has 2 fully saturated rings. The molecule has 3 atom stereocenters. The molecule has 0 saturated heterocycles. The Hall–Kier alpha value is -1.32. The fraction of sp³-hybridized carbons (Fsp3) is 0.733. The van der Waals surface area contributed by atoms with Crippen molar-refractivity contribution in [1.82, 2.24) is 15.1 Å². The smallest absolute Gasteiger partial charge is 0.220 e. The molecule has 3 unspecified atom stereocenters. The van der Waals surface area contributed by atoms with E-state index in [0.717, 1.165) is 23.2 Å². The Labute approximate surface area is 114 Å². The van der Waals surface area contributed by atoms with Crippen molar-refractivity contribution in [3.63, 3.8) is 0 Å². The predicted octanol–water partition coefficient (Wildman–Crippen LogP) is 2.17. The monoisotopic (exact) mass is 261 g/mol. The van der Waals surface area contributed by atoms with Crippen molar-refractivity contribution >= 4 is 5.91 Å². The van der Waals surface area contributed by atoms with Gasteiger partial charge in [0.05, 0.1) is 12.2 Å². The van der Waals surface area contributed by atoms with E-state index in [2.05, 4.69) is 10.4 Å². The fourth-order valence-electron chi connectivity index (χ4n) is 3.85. The van der Waals surface area contributed by atoms with Crippen LogP contribution in [0.3, 0.4) is 0 Å². The summed E-state index contributed by atoms with van der Waals surface area (Å²) < 4.78 is 1.84. The molecule has 1 heterocycles. The summed E-state index contributed by atoms with van der Waals surface area (Å²) in [4.78, 5) is 12.0. The molecule has 3 rings (SSSR count). The highest BCUT2D eigenvalue weighted by molar-refractivity contribution is 5.76. The number of hydrogen-bond donors (Lipinski definition) is 1. The number of hydrogen-bond acceptors (Lipinski definition) is 2. The lowest BCUT2D eigenvalue weighted by Crippen LogP contribution is -2.27. The van der Waals surface area contributed by atoms with E-state index in [1.807, 2.05) is 24.7 Å². The zero-order valence-corrected chi connectivity index (χ0v) is 11.9. The lowest BCUT2D eigenvalue weighted by atomic mass is 9.86. The first-order valence-electron chi connectivity index (χ1n) is 7.38. The topological polar surface area (TPSA) is 46.9 Å². The van der Waals surface area contributed by atoms with Gasteiger partial charge in [-0.05, 0) is 50.0 Å². The van der Waals surface area contributed by atoms with Gasteiger partial charge < -0.3 is 5.32 Å². The van der Waals surface area contributed by atoms with Crippen molar-refractivity contribution in [3.8, 4) is 0 Å². The number of carbonyl (C=O) groups is 1. The summed E-state index contributed by atoms with van der Waals surface area (Å²) in [5.74, 6) is 2.58. The fourth-order valence-corrected chi connectivity index (χ4v) is 3.85. The van der Waals surface area contributed by atoms with Gasteiger partial charge in [-0.25, -0.2) is 0 Å². The number of nitrogens with one attached hydrogen (secondary N) is 1. The molecule has 1 aromatic rings. The highest BCUT2D eigenvalue weighted by Crippen LogP contribution is 2.49. The van der Waals surface area contributed by atoms with Gasteiger partial charge >= 0.3 is 0 Å². The average molecular weight is 261 g/mol. The molecule has 19 heavy (non-hydrogen) atoms. The van der Waals surface area contributed by atoms with Crippen LogP contribution in [0.25, 0.3) is 0 Å². The number of amides is 1. The molecule has 2 aliphatic rings. The van der Waals surface area contributed by atoms with E-state index in [1.54, 1.807) is 0 Å². The van der Waals surface area contributed by atoms with Crippen molar-refractivity contribution in [3.05, 3.63) is 17.5 Å². The lowest BCUT2D eigenvalue weighted by molar-refractivity contribution is -0.122. The second kappa shape index (κ2) is 4.99. The first kappa shape index (κ1) is 12.7. The summed E-state index contributed by atoms with van der Waals surface area (Å²) in [6, 6.07) is 2.03. The molecule has 0 radical (unpaired) electrons. The van der Waals surface area contributed by atoms with Crippen LogP contribution in [0.15, 0.2) is 6.07 Å². The third-order valence-corrected chi connectivity index (χ3v) is 4.96. The van der Waals surface area contributed by atoms with Crippen LogP contribution in [0.2, 0.25) is 0 Å². The molecule has 1 amide bonds. The Balaban J connectivity index is 1.46. The number of carbonyl (C=O) groups excluding carboxylic acids is 1. The Morgan fingerprint density at radius 2 is 2.32 bits per heavy atom. The SMILES string of the molecule is Cc1cc(CNC(=O)CC2CC3CCC2C3)nn1C. The summed E-state index contributed by atoms with van der Waals surface area (Å²) in [5, 5.41) is 7.37. The van der Waals surface area contributed by atoms with Gasteiger partial charge in [-0.1, -0.05) is 6.42 Å². The van der Waals surface area contributed by atoms with E-state index >= 15 is 0 Å². The third-order valence-electron chi connectivity index (χ3n) is 4.96. The number of nitrogens with zero attached hydrogens (tertiary/aromatic N) is 2. The van der Waals surface area contributed by atoms with Gasteiger partial charge in [0.15, 0.2) is 0 Å². The van der Waals surface area contributed by atoms with Gasteiger partial charge in [0.1, 0.15) is 0 Å². The molecular formula is C15H23N3O. The van der Waals surface area contributed by atoms with E-state index in [0.29, 0.717) is 18.9 Å². The maximum Gasteiger partial charge on any atom is 0.220 e. The molecule has 0 spiro atoms. The van der Waals surface area contributed by atoms with Crippen LogP contribution in [0.1, 0.15) is 43.5 Å². The van der Waals surface area contributed by atoms with Gasteiger partial charge in [-0.2, -0.15) is 5.10 Å². The summed E-state index contributed by atoms with van der Waals surface area (Å²) in [6.45, 7) is 2.58. The van der Waals surface area contributed by atoms with Crippen molar-refractivity contribution < 1.29 is 4.79 Å². The molecule has 1 aromatic heterocycles. The van der Waals surface area contributed by atoms with Gasteiger partial charge in [0, 0.05) is 19.2 Å². The van der Waals surface area contributed by atoms with Gasteiger partial charge in [-0.15, -0.1) is 0 Å². The summed E-state index contributed by atoms with van der Waals surface area (Å²) in [7, 11) is 1.93. The lowest BCUT2D eigenvalue weighted by Gasteiger charge is -2.20. The molecule has 2 saturated carbocycles. The Bertz CT molecular complexity index is 460. The highest BCUT2D eigenvalue weighted by Gasteiger charge is 2.39. The molecule has 4 nitrogen and oxygen atoms in total. The summed E-state index contributed by atoms with van der Waals surface area (Å²) in [5.41, 5.74) is 2.07. The van der Waals surface area contributed by atoms with Gasteiger partial charge in [-0.3, -0.25) is 9.48 Å². The number of aryl methyl sites for hydroxylation is 2. The van der Waals surface area contributed by atoms with Crippen LogP contribution in [0.4, 0.5) is 0 Å². The molecule has 104 valence electrons. The number of rotatable bonds is 4. The third kappa shape index (κ3) is 2.67. The normalized spacial score (nSPS) is 28.8. The Kier molecular flexibility index (Phi) is 3.33. The van der Waals surface area contributed by atoms with Crippen molar-refractivity contribution in [2.24, 2.45) is 24.8 Å². The maximum atomic E-state index is 12.0. The van der Waals surface area contributed by atoms with Crippen LogP contribution >= 0.6 is 0 Å². The van der Waals surface area contributed by atoms with E-state index < -0.39 is 0 Å². The quantitative estimate of drug-likeness (QED) is 0.903. The van der Waals surface area contributed by atoms with Crippen molar-refractivity contribution in [2.45, 2.75) is 45.6 Å². The summed E-state index contributed by atoms with van der Waals surface area (Å²) >= 11 is 0. The minimum atomic E-state index is 0.195. The van der Waals surface area contributed by atoms with Gasteiger partial charge in [0.2, 0.25) is 5.91 Å². The molecule has 2 bridgehead atoms. The molecule has 1 N–H and O–H groups in total. The van der Waals surface area contributed by atoms with E-state index in [9.17, 15) is 4.79 Å². The Morgan fingerprint density at radius 1 is 1.47 bits per heavy atom. The zero-order valence-electron chi connectivity index (χ0n) is 11.9. The number of aromatic nitrogens is 2. The van der Waals surface area contributed by atoms with Crippen LogP contribution in [-0.4, -0.2) is 15.7 Å². The average Bonchev–Trinajstić information content (AvgIpc) is 3.04. The molecule has 0 aliphatic heterocycles. The van der Waals surface area contributed by atoms with Crippen LogP contribution in [0.5, 0.6) is 0 Å². The molecule has 4 heteroatoms. The second-order valence-electron chi connectivity index (χ2n) is 6.32. The first-order chi connectivity index (χ1) is 9.11. The van der Waals surface area contributed by atoms with Crippen LogP contribution < -0.4 is 5.32 Å². The van der Waals surface area contributed by atoms with Crippen molar-refractivity contribution in [1.29, 1.82) is 0 Å². The van der Waals surface area contributed by atoms with Crippen molar-refractivity contribution in [2.75, 3.05) is 0 Å².